The van der Waals surface area contributed by atoms with E-state index in [0.717, 1.165) is 22.6 Å². The zero-order valence-electron chi connectivity index (χ0n) is 14.8. The third-order valence-corrected chi connectivity index (χ3v) is 4.84. The van der Waals surface area contributed by atoms with Gasteiger partial charge in [-0.15, -0.1) is 11.3 Å². The number of thiazole rings is 1. The SMILES string of the molecule is O=C(O)/C(Cc1ccccc1)=N/Nc1nc(-c2ccc3c(c2)OCCO3)cs1. The van der Waals surface area contributed by atoms with Gasteiger partial charge in [0, 0.05) is 17.4 Å². The van der Waals surface area contributed by atoms with Crippen molar-refractivity contribution in [3.63, 3.8) is 0 Å². The van der Waals surface area contributed by atoms with E-state index in [1.54, 1.807) is 0 Å². The number of carbonyl (C=O) groups is 1. The molecule has 3 aromatic rings. The quantitative estimate of drug-likeness (QED) is 0.489. The third-order valence-electron chi connectivity index (χ3n) is 4.09. The van der Waals surface area contributed by atoms with E-state index in [1.807, 2.05) is 53.9 Å². The molecule has 0 unspecified atom stereocenters. The number of carboxylic acids is 1. The van der Waals surface area contributed by atoms with Gasteiger partial charge in [0.2, 0.25) is 5.13 Å². The molecule has 0 radical (unpaired) electrons. The molecule has 142 valence electrons. The van der Waals surface area contributed by atoms with Crippen LogP contribution in [0, 0.1) is 0 Å². The zero-order valence-corrected chi connectivity index (χ0v) is 15.6. The summed E-state index contributed by atoms with van der Waals surface area (Å²) in [5.41, 5.74) is 5.29. The molecule has 0 bridgehead atoms. The van der Waals surface area contributed by atoms with E-state index in [9.17, 15) is 9.90 Å². The van der Waals surface area contributed by atoms with Crippen molar-refractivity contribution in [1.82, 2.24) is 4.98 Å². The van der Waals surface area contributed by atoms with Gasteiger partial charge in [-0.1, -0.05) is 30.3 Å². The van der Waals surface area contributed by atoms with Crippen LogP contribution in [0.1, 0.15) is 5.56 Å². The first kappa shape index (κ1) is 18.0. The normalized spacial score (nSPS) is 13.2. The summed E-state index contributed by atoms with van der Waals surface area (Å²) >= 11 is 1.35. The Morgan fingerprint density at radius 1 is 1.14 bits per heavy atom. The maximum Gasteiger partial charge on any atom is 0.352 e. The van der Waals surface area contributed by atoms with Gasteiger partial charge in [-0.2, -0.15) is 5.10 Å². The lowest BCUT2D eigenvalue weighted by molar-refractivity contribution is -0.129. The minimum atomic E-state index is -1.07. The Morgan fingerprint density at radius 2 is 1.93 bits per heavy atom. The highest BCUT2D eigenvalue weighted by molar-refractivity contribution is 7.14. The van der Waals surface area contributed by atoms with Gasteiger partial charge in [0.25, 0.3) is 0 Å². The predicted octanol–water partition coefficient (Wildman–Crippen LogP) is 3.68. The number of carboxylic acid groups (broad SMARTS) is 1. The second-order valence-electron chi connectivity index (χ2n) is 6.03. The molecule has 2 N–H and O–H groups in total. The Labute approximate surface area is 165 Å². The molecule has 28 heavy (non-hydrogen) atoms. The molecule has 1 aliphatic heterocycles. The molecule has 1 aliphatic rings. The minimum Gasteiger partial charge on any atom is -0.486 e. The van der Waals surface area contributed by atoms with Crippen molar-refractivity contribution < 1.29 is 19.4 Å². The van der Waals surface area contributed by atoms with E-state index < -0.39 is 5.97 Å². The summed E-state index contributed by atoms with van der Waals surface area (Å²) in [7, 11) is 0. The highest BCUT2D eigenvalue weighted by atomic mass is 32.1. The Kier molecular flexibility index (Phi) is 5.20. The van der Waals surface area contributed by atoms with E-state index in [2.05, 4.69) is 15.5 Å². The Bertz CT molecular complexity index is 1020. The number of fused-ring (bicyclic) bond motifs is 1. The van der Waals surface area contributed by atoms with Gasteiger partial charge in [0.15, 0.2) is 11.5 Å². The van der Waals surface area contributed by atoms with Crippen molar-refractivity contribution in [3.05, 3.63) is 59.5 Å². The number of aromatic nitrogens is 1. The van der Waals surface area contributed by atoms with Crippen molar-refractivity contribution in [2.75, 3.05) is 18.6 Å². The third kappa shape index (κ3) is 4.12. The number of rotatable bonds is 6. The van der Waals surface area contributed by atoms with Gasteiger partial charge in [-0.3, -0.25) is 5.43 Å². The molecule has 2 heterocycles. The van der Waals surface area contributed by atoms with Crippen LogP contribution in [0.3, 0.4) is 0 Å². The zero-order chi connectivity index (χ0) is 19.3. The van der Waals surface area contributed by atoms with Gasteiger partial charge in [-0.05, 0) is 23.8 Å². The fraction of sp³-hybridized carbons (Fsp3) is 0.150. The van der Waals surface area contributed by atoms with E-state index in [4.69, 9.17) is 9.47 Å². The monoisotopic (exact) mass is 395 g/mol. The van der Waals surface area contributed by atoms with Crippen LogP contribution in [-0.4, -0.2) is 35.0 Å². The van der Waals surface area contributed by atoms with Crippen LogP contribution >= 0.6 is 11.3 Å². The van der Waals surface area contributed by atoms with Gasteiger partial charge in [-0.25, -0.2) is 9.78 Å². The van der Waals surface area contributed by atoms with Gasteiger partial charge < -0.3 is 14.6 Å². The van der Waals surface area contributed by atoms with E-state index in [-0.39, 0.29) is 12.1 Å². The Hall–Kier alpha value is -3.39. The highest BCUT2D eigenvalue weighted by Crippen LogP contribution is 2.35. The average Bonchev–Trinajstić information content (AvgIpc) is 3.20. The van der Waals surface area contributed by atoms with Crippen LogP contribution < -0.4 is 14.9 Å². The van der Waals surface area contributed by atoms with Crippen LogP contribution in [0.15, 0.2) is 59.0 Å². The summed E-state index contributed by atoms with van der Waals surface area (Å²) in [6.45, 7) is 1.07. The number of aliphatic carboxylic acids is 1. The number of hydrazone groups is 1. The molecule has 0 atom stereocenters. The lowest BCUT2D eigenvalue weighted by Gasteiger charge is -2.18. The maximum absolute atomic E-state index is 11.5. The first-order valence-corrected chi connectivity index (χ1v) is 9.52. The Balaban J connectivity index is 1.49. The fourth-order valence-electron chi connectivity index (χ4n) is 2.73. The van der Waals surface area contributed by atoms with E-state index in [0.29, 0.717) is 24.1 Å². The largest absolute Gasteiger partial charge is 0.486 e. The number of hydrogen-bond acceptors (Lipinski definition) is 7. The summed E-state index contributed by atoms with van der Waals surface area (Å²) in [6, 6.07) is 15.0. The van der Waals surface area contributed by atoms with E-state index in [1.165, 1.54) is 11.3 Å². The van der Waals surface area contributed by atoms with Crippen molar-refractivity contribution in [2.24, 2.45) is 5.10 Å². The molecule has 7 nitrogen and oxygen atoms in total. The summed E-state index contributed by atoms with van der Waals surface area (Å²) < 4.78 is 11.1. The van der Waals surface area contributed by atoms with Crippen LogP contribution in [0.4, 0.5) is 5.13 Å². The molecule has 0 aliphatic carbocycles. The molecule has 0 amide bonds. The van der Waals surface area contributed by atoms with Gasteiger partial charge in [0.05, 0.1) is 5.69 Å². The molecule has 8 heteroatoms. The van der Waals surface area contributed by atoms with Crippen LogP contribution in [0.2, 0.25) is 0 Å². The lowest BCUT2D eigenvalue weighted by Crippen LogP contribution is -2.17. The summed E-state index contributed by atoms with van der Waals surface area (Å²) in [6.07, 6.45) is 0.226. The van der Waals surface area contributed by atoms with Crippen molar-refractivity contribution in [1.29, 1.82) is 0 Å². The molecular weight excluding hydrogens is 378 g/mol. The summed E-state index contributed by atoms with van der Waals surface area (Å²) in [5.74, 6) is 0.348. The van der Waals surface area contributed by atoms with Crippen LogP contribution in [0.5, 0.6) is 11.5 Å². The van der Waals surface area contributed by atoms with Gasteiger partial charge in [0.1, 0.15) is 18.9 Å². The second-order valence-corrected chi connectivity index (χ2v) is 6.89. The van der Waals surface area contributed by atoms with Crippen LogP contribution in [-0.2, 0) is 11.2 Å². The predicted molar refractivity (Wildman–Crippen MR) is 107 cm³/mol. The summed E-state index contributed by atoms with van der Waals surface area (Å²) in [5, 5.41) is 15.8. The molecule has 1 aromatic heterocycles. The lowest BCUT2D eigenvalue weighted by atomic mass is 10.1. The smallest absolute Gasteiger partial charge is 0.352 e. The molecule has 0 saturated heterocycles. The first-order chi connectivity index (χ1) is 13.7. The molecule has 0 spiro atoms. The molecular formula is C20H17N3O4S. The van der Waals surface area contributed by atoms with Crippen molar-refractivity contribution in [2.45, 2.75) is 6.42 Å². The topological polar surface area (TPSA) is 93.0 Å². The van der Waals surface area contributed by atoms with Gasteiger partial charge >= 0.3 is 5.97 Å². The minimum absolute atomic E-state index is 0.0160. The second kappa shape index (κ2) is 8.10. The average molecular weight is 395 g/mol. The summed E-state index contributed by atoms with van der Waals surface area (Å²) in [4.78, 5) is 16.0. The number of anilines is 1. The highest BCUT2D eigenvalue weighted by Gasteiger charge is 2.14. The molecule has 4 rings (SSSR count). The standard InChI is InChI=1S/C20H17N3O4S/c24-19(25)15(10-13-4-2-1-3-5-13)22-23-20-21-16(12-28-20)14-6-7-17-18(11-14)27-9-8-26-17/h1-7,11-12H,8-10H2,(H,21,23)(H,24,25)/b22-15+. The maximum atomic E-state index is 11.5. The van der Waals surface area contributed by atoms with Crippen molar-refractivity contribution in [3.8, 4) is 22.8 Å². The molecule has 2 aromatic carbocycles. The number of nitrogens with one attached hydrogen (secondary N) is 1. The number of benzene rings is 2. The van der Waals surface area contributed by atoms with E-state index >= 15 is 0 Å². The van der Waals surface area contributed by atoms with Crippen molar-refractivity contribution >= 4 is 28.1 Å². The Morgan fingerprint density at radius 3 is 2.71 bits per heavy atom. The van der Waals surface area contributed by atoms with Crippen LogP contribution in [0.25, 0.3) is 11.3 Å². The number of hydrogen-bond donors (Lipinski definition) is 2. The molecule has 0 saturated carbocycles. The number of ether oxygens (including phenoxy) is 2. The first-order valence-electron chi connectivity index (χ1n) is 8.64. The number of nitrogens with zero attached hydrogens (tertiary/aromatic N) is 2. The fourth-order valence-corrected chi connectivity index (χ4v) is 3.39. The molecule has 0 fully saturated rings.